The topological polar surface area (TPSA) is 147 Å². The van der Waals surface area contributed by atoms with Crippen molar-refractivity contribution < 1.29 is 33.8 Å². The van der Waals surface area contributed by atoms with Crippen molar-refractivity contribution in [3.05, 3.63) is 12.2 Å². The van der Waals surface area contributed by atoms with E-state index in [4.69, 9.17) is 15.5 Å². The molecule has 0 heterocycles. The Hall–Kier alpha value is -1.21. The number of unbranched alkanes of at least 4 members (excludes halogenated alkanes) is 11. The lowest BCUT2D eigenvalue weighted by molar-refractivity contribution is -0.153. The minimum Gasteiger partial charge on any atom is -0.446 e. The molecule has 0 aromatic heterocycles. The lowest BCUT2D eigenvalue weighted by Gasteiger charge is -2.21. The first kappa shape index (κ1) is 28.8. The first-order chi connectivity index (χ1) is 14.2. The predicted octanol–water partition coefficient (Wildman–Crippen LogP) is 3.92. The zero-order valence-electron chi connectivity index (χ0n) is 18.2. The molecule has 30 heavy (non-hydrogen) atoms. The fourth-order valence-corrected chi connectivity index (χ4v) is 3.76. The van der Waals surface area contributed by atoms with E-state index in [0.717, 1.165) is 38.5 Å². The molecule has 2 atom stereocenters. The number of esters is 1. The Morgan fingerprint density at radius 2 is 1.37 bits per heavy atom. The fourth-order valence-electron chi connectivity index (χ4n) is 2.99. The molecule has 0 aromatic rings. The van der Waals surface area contributed by atoms with Crippen LogP contribution >= 0.6 is 7.60 Å². The Morgan fingerprint density at radius 3 is 1.83 bits per heavy atom. The van der Waals surface area contributed by atoms with Crippen molar-refractivity contribution >= 4 is 19.5 Å². The third-order valence-corrected chi connectivity index (χ3v) is 5.84. The van der Waals surface area contributed by atoms with Crippen LogP contribution in [0.3, 0.4) is 0 Å². The van der Waals surface area contributed by atoms with Gasteiger partial charge in [-0.1, -0.05) is 70.4 Å². The number of primary amides is 1. The van der Waals surface area contributed by atoms with Crippen molar-refractivity contribution in [2.45, 2.75) is 109 Å². The number of ether oxygens (including phenoxy) is 1. The van der Waals surface area contributed by atoms with Gasteiger partial charge in [0.25, 0.3) is 5.91 Å². The summed E-state index contributed by atoms with van der Waals surface area (Å²) >= 11 is 0. The smallest absolute Gasteiger partial charge is 0.369 e. The molecular weight excluding hydrogens is 409 g/mol. The van der Waals surface area contributed by atoms with Crippen molar-refractivity contribution in [3.63, 3.8) is 0 Å². The number of allylic oxidation sites excluding steroid dienone is 2. The van der Waals surface area contributed by atoms with Crippen LogP contribution in [-0.2, 0) is 18.9 Å². The Labute approximate surface area is 180 Å². The molecule has 0 saturated carbocycles. The van der Waals surface area contributed by atoms with Gasteiger partial charge in [0.15, 0.2) is 6.10 Å². The molecule has 1 amide bonds. The Balaban J connectivity index is 3.74. The summed E-state index contributed by atoms with van der Waals surface area (Å²) in [6, 6.07) is 0. The maximum Gasteiger partial charge on any atom is 0.369 e. The van der Waals surface area contributed by atoms with Gasteiger partial charge in [-0.15, -0.1) is 0 Å². The highest BCUT2D eigenvalue weighted by molar-refractivity contribution is 7.52. The number of nitrogens with two attached hydrogens (primary N) is 1. The number of rotatable bonds is 19. The SMILES string of the molecule is CCCCCCCC/C=C/CCCCCCCC(=O)OC(C(O)C(N)=O)P(=O)(O)O. The molecule has 176 valence electrons. The van der Waals surface area contributed by atoms with E-state index in [9.17, 15) is 19.3 Å². The van der Waals surface area contributed by atoms with E-state index >= 15 is 0 Å². The van der Waals surface area contributed by atoms with Crippen LogP contribution in [0.1, 0.15) is 96.8 Å². The number of carbonyl (C=O) groups is 2. The van der Waals surface area contributed by atoms with Crippen LogP contribution in [0.4, 0.5) is 0 Å². The van der Waals surface area contributed by atoms with E-state index in [-0.39, 0.29) is 6.42 Å². The molecular formula is C21H40NO7P. The van der Waals surface area contributed by atoms with Crippen LogP contribution in [0.5, 0.6) is 0 Å². The van der Waals surface area contributed by atoms with Gasteiger partial charge in [-0.05, 0) is 32.1 Å². The van der Waals surface area contributed by atoms with E-state index < -0.39 is 31.4 Å². The van der Waals surface area contributed by atoms with Crippen LogP contribution in [0.2, 0.25) is 0 Å². The number of amides is 1. The van der Waals surface area contributed by atoms with Gasteiger partial charge in [-0.3, -0.25) is 14.2 Å². The van der Waals surface area contributed by atoms with Crippen LogP contribution in [0.25, 0.3) is 0 Å². The molecule has 5 N–H and O–H groups in total. The first-order valence-electron chi connectivity index (χ1n) is 11.1. The minimum atomic E-state index is -5.01. The van der Waals surface area contributed by atoms with Crippen molar-refractivity contribution in [3.8, 4) is 0 Å². The zero-order chi connectivity index (χ0) is 22.8. The number of aliphatic hydroxyl groups is 1. The van der Waals surface area contributed by atoms with Gasteiger partial charge in [0, 0.05) is 6.42 Å². The van der Waals surface area contributed by atoms with E-state index in [1.54, 1.807) is 0 Å². The number of hydrogen-bond acceptors (Lipinski definition) is 5. The summed E-state index contributed by atoms with van der Waals surface area (Å²) in [5, 5.41) is 9.43. The van der Waals surface area contributed by atoms with Crippen LogP contribution in [0, 0.1) is 0 Å². The fraction of sp³-hybridized carbons (Fsp3) is 0.810. The lowest BCUT2D eigenvalue weighted by Crippen LogP contribution is -2.41. The van der Waals surface area contributed by atoms with Crippen LogP contribution in [-0.4, -0.2) is 38.7 Å². The largest absolute Gasteiger partial charge is 0.446 e. The maximum absolute atomic E-state index is 11.7. The highest BCUT2D eigenvalue weighted by atomic mass is 31.2. The second-order valence-electron chi connectivity index (χ2n) is 7.65. The standard InChI is InChI=1S/C21H40NO7P/c1-2-3-4-5-6-7-8-9-10-11-12-13-14-15-16-17-18(23)29-21(30(26,27)28)19(24)20(22)25/h9-10,19,21,24H,2-8,11-17H2,1H3,(H2,22,25)(H2,26,27,28)/b10-9+. The molecule has 0 aromatic carbocycles. The summed E-state index contributed by atoms with van der Waals surface area (Å²) in [6.45, 7) is 2.22. The molecule has 0 aliphatic heterocycles. The summed E-state index contributed by atoms with van der Waals surface area (Å²) in [6.07, 6.45) is 16.6. The second kappa shape index (κ2) is 17.5. The Kier molecular flexibility index (Phi) is 16.8. The summed E-state index contributed by atoms with van der Waals surface area (Å²) < 4.78 is 15.9. The van der Waals surface area contributed by atoms with Crippen LogP contribution in [0.15, 0.2) is 12.2 Å². The highest BCUT2D eigenvalue weighted by Crippen LogP contribution is 2.43. The van der Waals surface area contributed by atoms with E-state index in [1.165, 1.54) is 38.5 Å². The third kappa shape index (κ3) is 15.6. The van der Waals surface area contributed by atoms with Crippen LogP contribution < -0.4 is 5.73 Å². The van der Waals surface area contributed by atoms with Gasteiger partial charge in [0.2, 0.25) is 5.85 Å². The average Bonchev–Trinajstić information content (AvgIpc) is 2.67. The lowest BCUT2D eigenvalue weighted by atomic mass is 10.1. The predicted molar refractivity (Wildman–Crippen MR) is 117 cm³/mol. The molecule has 0 fully saturated rings. The molecule has 0 spiro atoms. The van der Waals surface area contributed by atoms with Gasteiger partial charge >= 0.3 is 13.6 Å². The molecule has 0 bridgehead atoms. The van der Waals surface area contributed by atoms with Crippen molar-refractivity contribution in [1.82, 2.24) is 0 Å². The quantitative estimate of drug-likeness (QED) is 0.101. The molecule has 0 aliphatic rings. The van der Waals surface area contributed by atoms with Gasteiger partial charge in [0.1, 0.15) is 0 Å². The molecule has 0 aliphatic carbocycles. The van der Waals surface area contributed by atoms with E-state index in [0.29, 0.717) is 6.42 Å². The van der Waals surface area contributed by atoms with E-state index in [2.05, 4.69) is 23.8 Å². The molecule has 0 saturated heterocycles. The van der Waals surface area contributed by atoms with Gasteiger partial charge in [-0.2, -0.15) is 0 Å². The third-order valence-electron chi connectivity index (χ3n) is 4.79. The number of carbonyl (C=O) groups excluding carboxylic acids is 2. The van der Waals surface area contributed by atoms with Crippen molar-refractivity contribution in [2.75, 3.05) is 0 Å². The van der Waals surface area contributed by atoms with Gasteiger partial charge < -0.3 is 25.4 Å². The molecule has 9 heteroatoms. The molecule has 2 unspecified atom stereocenters. The van der Waals surface area contributed by atoms with Gasteiger partial charge in [-0.25, -0.2) is 0 Å². The summed E-state index contributed by atoms with van der Waals surface area (Å²) in [5.74, 6) is -4.50. The minimum absolute atomic E-state index is 0.0415. The highest BCUT2D eigenvalue weighted by Gasteiger charge is 2.41. The second-order valence-corrected chi connectivity index (χ2v) is 9.34. The van der Waals surface area contributed by atoms with Gasteiger partial charge in [0.05, 0.1) is 0 Å². The van der Waals surface area contributed by atoms with E-state index in [1.807, 2.05) is 0 Å². The number of hydrogen-bond donors (Lipinski definition) is 4. The molecule has 0 rings (SSSR count). The normalized spacial score (nSPS) is 14.0. The number of aliphatic hydroxyl groups excluding tert-OH is 1. The molecule has 8 nitrogen and oxygen atoms in total. The monoisotopic (exact) mass is 449 g/mol. The summed E-state index contributed by atoms with van der Waals surface area (Å²) in [5.41, 5.74) is 4.82. The first-order valence-corrected chi connectivity index (χ1v) is 12.7. The summed E-state index contributed by atoms with van der Waals surface area (Å²) in [7, 11) is -5.01. The van der Waals surface area contributed by atoms with Crippen molar-refractivity contribution in [2.24, 2.45) is 5.73 Å². The van der Waals surface area contributed by atoms with Crippen molar-refractivity contribution in [1.29, 1.82) is 0 Å². The molecule has 0 radical (unpaired) electrons. The maximum atomic E-state index is 11.7. The Morgan fingerprint density at radius 1 is 0.900 bits per heavy atom. The zero-order valence-corrected chi connectivity index (χ0v) is 19.1. The summed E-state index contributed by atoms with van der Waals surface area (Å²) in [4.78, 5) is 40.9. The Bertz CT molecular complexity index is 547. The average molecular weight is 450 g/mol.